The van der Waals surface area contributed by atoms with Crippen molar-refractivity contribution >= 4 is 23.8 Å². The first-order valence-corrected chi connectivity index (χ1v) is 5.04. The summed E-state index contributed by atoms with van der Waals surface area (Å²) < 4.78 is 1.96. The maximum absolute atomic E-state index is 5.80. The molecule has 1 aromatic carbocycles. The standard InChI is InChI=1S/C12H11ClN2/c1-15-9-8-14-12(15)7-4-10-2-5-11(13)6-3-10/h2-9H,1H3/b7-4+. The number of rotatable bonds is 2. The van der Waals surface area contributed by atoms with Crippen molar-refractivity contribution < 1.29 is 0 Å². The molecular formula is C12H11ClN2. The van der Waals surface area contributed by atoms with Gasteiger partial charge in [0.15, 0.2) is 0 Å². The maximum atomic E-state index is 5.80. The number of hydrogen-bond donors (Lipinski definition) is 0. The Morgan fingerprint density at radius 2 is 1.93 bits per heavy atom. The molecule has 0 fully saturated rings. The highest BCUT2D eigenvalue weighted by molar-refractivity contribution is 6.30. The van der Waals surface area contributed by atoms with Gasteiger partial charge in [0.05, 0.1) is 0 Å². The smallest absolute Gasteiger partial charge is 0.132 e. The average Bonchev–Trinajstić information content (AvgIpc) is 2.63. The third-order valence-electron chi connectivity index (χ3n) is 2.15. The second-order valence-electron chi connectivity index (χ2n) is 3.28. The molecule has 0 spiro atoms. The molecular weight excluding hydrogens is 208 g/mol. The van der Waals surface area contributed by atoms with Gasteiger partial charge in [-0.15, -0.1) is 0 Å². The fourth-order valence-electron chi connectivity index (χ4n) is 1.28. The van der Waals surface area contributed by atoms with Crippen LogP contribution in [0.2, 0.25) is 5.02 Å². The van der Waals surface area contributed by atoms with Gasteiger partial charge in [-0.25, -0.2) is 4.98 Å². The third-order valence-corrected chi connectivity index (χ3v) is 2.41. The summed E-state index contributed by atoms with van der Waals surface area (Å²) in [4.78, 5) is 4.20. The lowest BCUT2D eigenvalue weighted by molar-refractivity contribution is 0.898. The molecule has 0 N–H and O–H groups in total. The molecule has 0 unspecified atom stereocenters. The second kappa shape index (κ2) is 4.32. The Kier molecular flexibility index (Phi) is 2.88. The summed E-state index contributed by atoms with van der Waals surface area (Å²) in [5, 5.41) is 0.754. The third kappa shape index (κ3) is 2.48. The molecule has 1 aromatic heterocycles. The normalized spacial score (nSPS) is 11.1. The van der Waals surface area contributed by atoms with Gasteiger partial charge in [-0.05, 0) is 23.8 Å². The van der Waals surface area contributed by atoms with Gasteiger partial charge in [0.2, 0.25) is 0 Å². The van der Waals surface area contributed by atoms with Crippen LogP contribution < -0.4 is 0 Å². The van der Waals surface area contributed by atoms with Crippen molar-refractivity contribution in [1.82, 2.24) is 9.55 Å². The zero-order chi connectivity index (χ0) is 10.7. The van der Waals surface area contributed by atoms with Crippen molar-refractivity contribution in [1.29, 1.82) is 0 Å². The lowest BCUT2D eigenvalue weighted by Gasteiger charge is -1.95. The summed E-state index contributed by atoms with van der Waals surface area (Å²) in [5.41, 5.74) is 1.11. The van der Waals surface area contributed by atoms with E-state index in [1.807, 2.05) is 54.2 Å². The molecule has 0 saturated carbocycles. The Bertz CT molecular complexity index is 469. The van der Waals surface area contributed by atoms with Gasteiger partial charge in [0, 0.05) is 24.5 Å². The number of nitrogens with zero attached hydrogens (tertiary/aromatic N) is 2. The molecule has 0 atom stereocenters. The van der Waals surface area contributed by atoms with Crippen molar-refractivity contribution in [3.63, 3.8) is 0 Å². The summed E-state index contributed by atoms with van der Waals surface area (Å²) in [5.74, 6) is 0.935. The Morgan fingerprint density at radius 1 is 1.20 bits per heavy atom. The van der Waals surface area contributed by atoms with E-state index in [1.165, 1.54) is 0 Å². The van der Waals surface area contributed by atoms with Gasteiger partial charge in [0.25, 0.3) is 0 Å². The lowest BCUT2D eigenvalue weighted by Crippen LogP contribution is -1.88. The monoisotopic (exact) mass is 218 g/mol. The first kappa shape index (κ1) is 9.99. The summed E-state index contributed by atoms with van der Waals surface area (Å²) in [7, 11) is 1.97. The Hall–Kier alpha value is -1.54. The van der Waals surface area contributed by atoms with E-state index in [9.17, 15) is 0 Å². The molecule has 3 heteroatoms. The number of hydrogen-bond acceptors (Lipinski definition) is 1. The van der Waals surface area contributed by atoms with E-state index >= 15 is 0 Å². The quantitative estimate of drug-likeness (QED) is 0.757. The van der Waals surface area contributed by atoms with Crippen LogP contribution >= 0.6 is 11.6 Å². The zero-order valence-corrected chi connectivity index (χ0v) is 9.15. The van der Waals surface area contributed by atoms with Gasteiger partial charge < -0.3 is 4.57 Å². The molecule has 15 heavy (non-hydrogen) atoms. The molecule has 0 radical (unpaired) electrons. The van der Waals surface area contributed by atoms with Crippen molar-refractivity contribution in [3.05, 3.63) is 53.1 Å². The fourth-order valence-corrected chi connectivity index (χ4v) is 1.41. The van der Waals surface area contributed by atoms with Gasteiger partial charge >= 0.3 is 0 Å². The molecule has 1 heterocycles. The molecule has 2 aromatic rings. The minimum atomic E-state index is 0.754. The van der Waals surface area contributed by atoms with E-state index < -0.39 is 0 Å². The molecule has 0 aliphatic carbocycles. The lowest BCUT2D eigenvalue weighted by atomic mass is 10.2. The SMILES string of the molecule is Cn1ccnc1/C=C/c1ccc(Cl)cc1. The highest BCUT2D eigenvalue weighted by Crippen LogP contribution is 2.11. The van der Waals surface area contributed by atoms with Crippen LogP contribution in [0.1, 0.15) is 11.4 Å². The second-order valence-corrected chi connectivity index (χ2v) is 3.72. The number of halogens is 1. The zero-order valence-electron chi connectivity index (χ0n) is 8.39. The van der Waals surface area contributed by atoms with Crippen LogP contribution in [0.15, 0.2) is 36.7 Å². The van der Waals surface area contributed by atoms with E-state index in [2.05, 4.69) is 4.98 Å². The highest BCUT2D eigenvalue weighted by Gasteiger charge is 1.92. The minimum Gasteiger partial charge on any atom is -0.335 e. The molecule has 2 rings (SSSR count). The van der Waals surface area contributed by atoms with Gasteiger partial charge in [0.1, 0.15) is 5.82 Å². The first-order valence-electron chi connectivity index (χ1n) is 4.67. The van der Waals surface area contributed by atoms with Crippen molar-refractivity contribution in [2.45, 2.75) is 0 Å². The van der Waals surface area contributed by atoms with Crippen LogP contribution in [0.5, 0.6) is 0 Å². The highest BCUT2D eigenvalue weighted by atomic mass is 35.5. The van der Waals surface area contributed by atoms with Crippen LogP contribution in [0.3, 0.4) is 0 Å². The molecule has 0 bridgehead atoms. The molecule has 0 aliphatic heterocycles. The number of aromatic nitrogens is 2. The summed E-state index contributed by atoms with van der Waals surface area (Å²) in [6.45, 7) is 0. The fraction of sp³-hybridized carbons (Fsp3) is 0.0833. The summed E-state index contributed by atoms with van der Waals surface area (Å²) in [6.07, 6.45) is 7.69. The van der Waals surface area contributed by atoms with Crippen molar-refractivity contribution in [2.24, 2.45) is 7.05 Å². The predicted octanol–water partition coefficient (Wildman–Crippen LogP) is 3.24. The Labute approximate surface area is 93.8 Å². The summed E-state index contributed by atoms with van der Waals surface area (Å²) in [6, 6.07) is 7.70. The van der Waals surface area contributed by atoms with Crippen LogP contribution in [-0.2, 0) is 7.05 Å². The van der Waals surface area contributed by atoms with Crippen LogP contribution in [0.4, 0.5) is 0 Å². The number of aryl methyl sites for hydroxylation is 1. The van der Waals surface area contributed by atoms with Crippen molar-refractivity contribution in [2.75, 3.05) is 0 Å². The van der Waals surface area contributed by atoms with E-state index in [0.29, 0.717) is 0 Å². The largest absolute Gasteiger partial charge is 0.335 e. The van der Waals surface area contributed by atoms with E-state index in [1.54, 1.807) is 6.20 Å². The molecule has 0 amide bonds. The topological polar surface area (TPSA) is 17.8 Å². The van der Waals surface area contributed by atoms with Crippen LogP contribution in [0, 0.1) is 0 Å². The first-order chi connectivity index (χ1) is 7.25. The molecule has 0 saturated heterocycles. The average molecular weight is 219 g/mol. The summed E-state index contributed by atoms with van der Waals surface area (Å²) >= 11 is 5.80. The molecule has 76 valence electrons. The van der Waals surface area contributed by atoms with Crippen molar-refractivity contribution in [3.8, 4) is 0 Å². The van der Waals surface area contributed by atoms with Crippen LogP contribution in [-0.4, -0.2) is 9.55 Å². The predicted molar refractivity (Wildman–Crippen MR) is 63.6 cm³/mol. The van der Waals surface area contributed by atoms with E-state index in [4.69, 9.17) is 11.6 Å². The van der Waals surface area contributed by atoms with E-state index in [-0.39, 0.29) is 0 Å². The number of imidazole rings is 1. The van der Waals surface area contributed by atoms with Gasteiger partial charge in [-0.2, -0.15) is 0 Å². The van der Waals surface area contributed by atoms with Gasteiger partial charge in [-0.3, -0.25) is 0 Å². The van der Waals surface area contributed by atoms with Gasteiger partial charge in [-0.1, -0.05) is 29.8 Å². The Morgan fingerprint density at radius 3 is 2.53 bits per heavy atom. The Balaban J connectivity index is 2.19. The molecule has 0 aliphatic rings. The minimum absolute atomic E-state index is 0.754. The van der Waals surface area contributed by atoms with Crippen LogP contribution in [0.25, 0.3) is 12.2 Å². The molecule has 2 nitrogen and oxygen atoms in total. The maximum Gasteiger partial charge on any atom is 0.132 e. The van der Waals surface area contributed by atoms with E-state index in [0.717, 1.165) is 16.4 Å². The number of benzene rings is 1.